The van der Waals surface area contributed by atoms with E-state index < -0.39 is 0 Å². The summed E-state index contributed by atoms with van der Waals surface area (Å²) in [5.41, 5.74) is 0.705. The molecule has 0 aliphatic rings. The van der Waals surface area contributed by atoms with Crippen LogP contribution < -0.4 is 0 Å². The van der Waals surface area contributed by atoms with Gasteiger partial charge in [-0.3, -0.25) is 4.79 Å². The van der Waals surface area contributed by atoms with E-state index in [1.165, 1.54) is 0 Å². The lowest BCUT2D eigenvalue weighted by Gasteiger charge is -2.14. The van der Waals surface area contributed by atoms with Gasteiger partial charge in [0.2, 0.25) is 5.78 Å². The summed E-state index contributed by atoms with van der Waals surface area (Å²) in [5, 5.41) is 0. The number of aryl methyl sites for hydroxylation is 1. The van der Waals surface area contributed by atoms with E-state index in [2.05, 4.69) is 13.8 Å². The van der Waals surface area contributed by atoms with Crippen LogP contribution in [0.3, 0.4) is 0 Å². The summed E-state index contributed by atoms with van der Waals surface area (Å²) in [5.74, 6) is 0.642. The van der Waals surface area contributed by atoms with Gasteiger partial charge in [-0.15, -0.1) is 0 Å². The monoisotopic (exact) mass is 223 g/mol. The highest BCUT2D eigenvalue weighted by atomic mass is 16.5. The molecule has 1 heterocycles. The number of hydrogen-bond acceptors (Lipinski definition) is 2. The van der Waals surface area contributed by atoms with Crippen molar-refractivity contribution < 1.29 is 9.53 Å². The Bertz CT molecular complexity index is 341. The summed E-state index contributed by atoms with van der Waals surface area (Å²) in [6.45, 7) is 6.49. The van der Waals surface area contributed by atoms with Crippen molar-refractivity contribution in [3.8, 4) is 0 Å². The van der Waals surface area contributed by atoms with Gasteiger partial charge < -0.3 is 9.30 Å². The first-order chi connectivity index (χ1) is 7.50. The SMILES string of the molecule is CC(C)CC(C)OCC(=O)c1cccn1C. The zero-order valence-corrected chi connectivity index (χ0v) is 10.6. The average Bonchev–Trinajstić information content (AvgIpc) is 2.60. The number of rotatable bonds is 6. The zero-order valence-electron chi connectivity index (χ0n) is 10.6. The summed E-state index contributed by atoms with van der Waals surface area (Å²) in [6.07, 6.45) is 3.00. The minimum Gasteiger partial charge on any atom is -0.370 e. The predicted octanol–water partition coefficient (Wildman–Crippen LogP) is 2.66. The number of aromatic nitrogens is 1. The molecule has 1 rings (SSSR count). The molecule has 0 N–H and O–H groups in total. The van der Waals surface area contributed by atoms with E-state index in [0.717, 1.165) is 6.42 Å². The normalized spacial score (nSPS) is 13.1. The maximum Gasteiger partial charge on any atom is 0.204 e. The van der Waals surface area contributed by atoms with E-state index in [4.69, 9.17) is 4.74 Å². The van der Waals surface area contributed by atoms with Crippen molar-refractivity contribution in [2.45, 2.75) is 33.3 Å². The van der Waals surface area contributed by atoms with Gasteiger partial charge in [0.1, 0.15) is 6.61 Å². The van der Waals surface area contributed by atoms with Crippen LogP contribution in [0.4, 0.5) is 0 Å². The predicted molar refractivity (Wildman–Crippen MR) is 64.6 cm³/mol. The van der Waals surface area contributed by atoms with Crippen LogP contribution in [0.5, 0.6) is 0 Å². The topological polar surface area (TPSA) is 31.2 Å². The van der Waals surface area contributed by atoms with Gasteiger partial charge in [0.05, 0.1) is 11.8 Å². The number of ether oxygens (including phenoxy) is 1. The minimum absolute atomic E-state index is 0.0445. The lowest BCUT2D eigenvalue weighted by Crippen LogP contribution is -2.19. The molecule has 1 unspecified atom stereocenters. The van der Waals surface area contributed by atoms with Crippen LogP contribution in [0.25, 0.3) is 0 Å². The van der Waals surface area contributed by atoms with Gasteiger partial charge in [0, 0.05) is 13.2 Å². The fourth-order valence-corrected chi connectivity index (χ4v) is 1.77. The van der Waals surface area contributed by atoms with Gasteiger partial charge in [-0.05, 0) is 31.4 Å². The van der Waals surface area contributed by atoms with Crippen LogP contribution in [-0.4, -0.2) is 23.1 Å². The molecule has 0 bridgehead atoms. The van der Waals surface area contributed by atoms with E-state index in [1.807, 2.05) is 36.9 Å². The van der Waals surface area contributed by atoms with Crippen molar-refractivity contribution in [1.29, 1.82) is 0 Å². The van der Waals surface area contributed by atoms with Crippen LogP contribution in [0, 0.1) is 5.92 Å². The van der Waals surface area contributed by atoms with Gasteiger partial charge in [-0.2, -0.15) is 0 Å². The minimum atomic E-state index is 0.0445. The third kappa shape index (κ3) is 3.81. The Labute approximate surface area is 97.4 Å². The van der Waals surface area contributed by atoms with Crippen molar-refractivity contribution in [2.24, 2.45) is 13.0 Å². The molecule has 1 aromatic heterocycles. The number of ketones is 1. The maximum absolute atomic E-state index is 11.8. The van der Waals surface area contributed by atoms with Gasteiger partial charge in [0.25, 0.3) is 0 Å². The first-order valence-corrected chi connectivity index (χ1v) is 5.76. The maximum atomic E-state index is 11.8. The molecule has 1 atom stereocenters. The Morgan fingerprint density at radius 1 is 1.44 bits per heavy atom. The van der Waals surface area contributed by atoms with E-state index in [-0.39, 0.29) is 18.5 Å². The Kier molecular flexibility index (Phi) is 4.74. The van der Waals surface area contributed by atoms with Crippen LogP contribution in [0.2, 0.25) is 0 Å². The summed E-state index contributed by atoms with van der Waals surface area (Å²) >= 11 is 0. The molecule has 16 heavy (non-hydrogen) atoms. The van der Waals surface area contributed by atoms with E-state index >= 15 is 0 Å². The molecule has 3 nitrogen and oxygen atoms in total. The largest absolute Gasteiger partial charge is 0.370 e. The van der Waals surface area contributed by atoms with Crippen LogP contribution >= 0.6 is 0 Å². The van der Waals surface area contributed by atoms with Gasteiger partial charge in [0.15, 0.2) is 0 Å². The van der Waals surface area contributed by atoms with Gasteiger partial charge in [-0.1, -0.05) is 13.8 Å². The molecule has 90 valence electrons. The smallest absolute Gasteiger partial charge is 0.204 e. The Hall–Kier alpha value is -1.09. The summed E-state index contributed by atoms with van der Waals surface area (Å²) in [4.78, 5) is 11.8. The van der Waals surface area contributed by atoms with Crippen molar-refractivity contribution in [2.75, 3.05) is 6.61 Å². The fourth-order valence-electron chi connectivity index (χ4n) is 1.77. The van der Waals surface area contributed by atoms with Crippen molar-refractivity contribution in [3.05, 3.63) is 24.0 Å². The van der Waals surface area contributed by atoms with Crippen molar-refractivity contribution in [1.82, 2.24) is 4.57 Å². The van der Waals surface area contributed by atoms with Crippen molar-refractivity contribution in [3.63, 3.8) is 0 Å². The second-order valence-corrected chi connectivity index (χ2v) is 4.68. The molecular formula is C13H21NO2. The highest BCUT2D eigenvalue weighted by Gasteiger charge is 2.12. The summed E-state index contributed by atoms with van der Waals surface area (Å²) in [6, 6.07) is 3.68. The van der Waals surface area contributed by atoms with E-state index in [0.29, 0.717) is 11.6 Å². The molecule has 0 saturated heterocycles. The lowest BCUT2D eigenvalue weighted by atomic mass is 10.1. The number of carbonyl (C=O) groups excluding carboxylic acids is 1. The fraction of sp³-hybridized carbons (Fsp3) is 0.615. The second-order valence-electron chi connectivity index (χ2n) is 4.68. The number of nitrogens with zero attached hydrogens (tertiary/aromatic N) is 1. The number of hydrogen-bond donors (Lipinski definition) is 0. The van der Waals surface area contributed by atoms with Crippen LogP contribution in [0.1, 0.15) is 37.7 Å². The first kappa shape index (κ1) is 13.0. The number of Topliss-reactive ketones (excluding diaryl/α,β-unsaturated/α-hetero) is 1. The van der Waals surface area contributed by atoms with Crippen LogP contribution in [0.15, 0.2) is 18.3 Å². The first-order valence-electron chi connectivity index (χ1n) is 5.76. The molecule has 0 radical (unpaired) electrons. The molecule has 1 aromatic rings. The third-order valence-corrected chi connectivity index (χ3v) is 2.53. The highest BCUT2D eigenvalue weighted by molar-refractivity contribution is 5.95. The lowest BCUT2D eigenvalue weighted by molar-refractivity contribution is 0.0439. The van der Waals surface area contributed by atoms with Gasteiger partial charge in [-0.25, -0.2) is 0 Å². The molecule has 0 fully saturated rings. The van der Waals surface area contributed by atoms with E-state index in [9.17, 15) is 4.79 Å². The van der Waals surface area contributed by atoms with Crippen molar-refractivity contribution >= 4 is 5.78 Å². The van der Waals surface area contributed by atoms with Gasteiger partial charge >= 0.3 is 0 Å². The Balaban J connectivity index is 2.39. The third-order valence-electron chi connectivity index (χ3n) is 2.53. The van der Waals surface area contributed by atoms with E-state index in [1.54, 1.807) is 0 Å². The molecule has 0 saturated carbocycles. The Morgan fingerprint density at radius 2 is 2.12 bits per heavy atom. The molecule has 3 heteroatoms. The van der Waals surface area contributed by atoms with Crippen LogP contribution in [-0.2, 0) is 11.8 Å². The standard InChI is InChI=1S/C13H21NO2/c1-10(2)8-11(3)16-9-13(15)12-6-5-7-14(12)4/h5-7,10-11H,8-9H2,1-4H3. The molecule has 0 aromatic carbocycles. The quantitative estimate of drug-likeness (QED) is 0.694. The molecule has 0 aliphatic carbocycles. The average molecular weight is 223 g/mol. The molecule has 0 spiro atoms. The summed E-state index contributed by atoms with van der Waals surface area (Å²) in [7, 11) is 1.87. The zero-order chi connectivity index (χ0) is 12.1. The number of carbonyl (C=O) groups is 1. The summed E-state index contributed by atoms with van der Waals surface area (Å²) < 4.78 is 7.35. The second kappa shape index (κ2) is 5.85. The molecule has 0 aliphatic heterocycles. The molecule has 0 amide bonds. The highest BCUT2D eigenvalue weighted by Crippen LogP contribution is 2.08. The molecular weight excluding hydrogens is 202 g/mol. The Morgan fingerprint density at radius 3 is 2.62 bits per heavy atom.